The molecule has 3 rings (SSSR count). The van der Waals surface area contributed by atoms with Gasteiger partial charge in [-0.25, -0.2) is 0 Å². The summed E-state index contributed by atoms with van der Waals surface area (Å²) in [7, 11) is 1.83. The minimum Gasteiger partial charge on any atom is -0.377 e. The largest absolute Gasteiger partial charge is 0.377 e. The summed E-state index contributed by atoms with van der Waals surface area (Å²) in [6.45, 7) is 6.38. The number of aliphatic imine (C=N–C) groups is 1. The standard InChI is InChI=1S/C19H32N4O2S/c1-20-19(21-7-11-24-14-18-3-2-10-25-18)22-17-4-8-23(9-5-17)13-16-6-12-26-15-16/h6,12,15,17-18H,2-5,7-11,13-14H2,1H3,(H2,20,21,22). The molecule has 0 bridgehead atoms. The van der Waals surface area contributed by atoms with Gasteiger partial charge in [0.05, 0.1) is 19.3 Å². The number of rotatable bonds is 8. The van der Waals surface area contributed by atoms with Gasteiger partial charge in [0.15, 0.2) is 5.96 Å². The zero-order chi connectivity index (χ0) is 18.0. The van der Waals surface area contributed by atoms with E-state index in [0.29, 0.717) is 25.4 Å². The molecule has 26 heavy (non-hydrogen) atoms. The molecule has 1 aromatic heterocycles. The molecule has 6 nitrogen and oxygen atoms in total. The molecule has 0 spiro atoms. The highest BCUT2D eigenvalue weighted by molar-refractivity contribution is 7.07. The molecule has 2 N–H and O–H groups in total. The van der Waals surface area contributed by atoms with Crippen molar-refractivity contribution in [2.24, 2.45) is 4.99 Å². The molecule has 2 fully saturated rings. The molecule has 1 atom stereocenters. The van der Waals surface area contributed by atoms with Crippen LogP contribution in [-0.2, 0) is 16.0 Å². The summed E-state index contributed by atoms with van der Waals surface area (Å²) in [4.78, 5) is 6.88. The summed E-state index contributed by atoms with van der Waals surface area (Å²) in [5, 5.41) is 11.3. The molecule has 2 saturated heterocycles. The average Bonchev–Trinajstić information content (AvgIpc) is 3.36. The second kappa shape index (κ2) is 10.9. The van der Waals surface area contributed by atoms with E-state index in [-0.39, 0.29) is 0 Å². The number of likely N-dealkylation sites (tertiary alicyclic amines) is 1. The first-order chi connectivity index (χ1) is 12.8. The molecule has 146 valence electrons. The molecule has 0 saturated carbocycles. The van der Waals surface area contributed by atoms with Crippen molar-refractivity contribution in [2.75, 3.05) is 46.5 Å². The third kappa shape index (κ3) is 6.54. The Morgan fingerprint density at radius 3 is 2.96 bits per heavy atom. The van der Waals surface area contributed by atoms with E-state index in [9.17, 15) is 0 Å². The van der Waals surface area contributed by atoms with Gasteiger partial charge in [0.25, 0.3) is 0 Å². The lowest BCUT2D eigenvalue weighted by Gasteiger charge is -2.32. The zero-order valence-corrected chi connectivity index (χ0v) is 16.6. The van der Waals surface area contributed by atoms with E-state index in [1.165, 1.54) is 5.56 Å². The molecule has 3 heterocycles. The third-order valence-electron chi connectivity index (χ3n) is 5.00. The summed E-state index contributed by atoms with van der Waals surface area (Å²) in [5.41, 5.74) is 1.43. The Hall–Kier alpha value is -1.15. The van der Waals surface area contributed by atoms with E-state index < -0.39 is 0 Å². The number of nitrogens with one attached hydrogen (secondary N) is 2. The fraction of sp³-hybridized carbons (Fsp3) is 0.737. The van der Waals surface area contributed by atoms with Gasteiger partial charge in [-0.05, 0) is 48.1 Å². The van der Waals surface area contributed by atoms with E-state index in [2.05, 4.69) is 37.4 Å². The Morgan fingerprint density at radius 2 is 2.27 bits per heavy atom. The summed E-state index contributed by atoms with van der Waals surface area (Å²) < 4.78 is 11.2. The SMILES string of the molecule is CN=C(NCCOCC1CCCO1)NC1CCN(Cc2ccsc2)CC1. The van der Waals surface area contributed by atoms with Gasteiger partial charge >= 0.3 is 0 Å². The van der Waals surface area contributed by atoms with E-state index in [0.717, 1.165) is 64.4 Å². The van der Waals surface area contributed by atoms with Crippen molar-refractivity contribution in [1.29, 1.82) is 0 Å². The molecule has 0 aromatic carbocycles. The minimum atomic E-state index is 0.298. The third-order valence-corrected chi connectivity index (χ3v) is 5.74. The van der Waals surface area contributed by atoms with Gasteiger partial charge < -0.3 is 20.1 Å². The van der Waals surface area contributed by atoms with Crippen molar-refractivity contribution < 1.29 is 9.47 Å². The maximum Gasteiger partial charge on any atom is 0.191 e. The first-order valence-electron chi connectivity index (χ1n) is 9.73. The molecule has 0 amide bonds. The summed E-state index contributed by atoms with van der Waals surface area (Å²) in [5.74, 6) is 0.877. The van der Waals surface area contributed by atoms with Crippen LogP contribution in [0.2, 0.25) is 0 Å². The second-order valence-corrected chi connectivity index (χ2v) is 7.82. The highest BCUT2D eigenvalue weighted by atomic mass is 32.1. The Morgan fingerprint density at radius 1 is 1.38 bits per heavy atom. The molecule has 1 aromatic rings. The number of hydrogen-bond acceptors (Lipinski definition) is 5. The Bertz CT molecular complexity index is 524. The van der Waals surface area contributed by atoms with Crippen LogP contribution < -0.4 is 10.6 Å². The molecule has 0 aliphatic carbocycles. The van der Waals surface area contributed by atoms with Crippen LogP contribution in [0.5, 0.6) is 0 Å². The van der Waals surface area contributed by atoms with Crippen molar-refractivity contribution in [2.45, 2.75) is 44.4 Å². The molecule has 0 radical (unpaired) electrons. The monoisotopic (exact) mass is 380 g/mol. The number of hydrogen-bond donors (Lipinski definition) is 2. The summed E-state index contributed by atoms with van der Waals surface area (Å²) in [6.07, 6.45) is 4.89. The minimum absolute atomic E-state index is 0.298. The Labute approximate surface area is 161 Å². The van der Waals surface area contributed by atoms with E-state index >= 15 is 0 Å². The fourth-order valence-electron chi connectivity index (χ4n) is 3.50. The fourth-order valence-corrected chi connectivity index (χ4v) is 4.16. The van der Waals surface area contributed by atoms with Crippen LogP contribution >= 0.6 is 11.3 Å². The van der Waals surface area contributed by atoms with Crippen molar-refractivity contribution in [3.05, 3.63) is 22.4 Å². The van der Waals surface area contributed by atoms with Crippen molar-refractivity contribution in [3.63, 3.8) is 0 Å². The number of piperidine rings is 1. The summed E-state index contributed by atoms with van der Waals surface area (Å²) in [6, 6.07) is 2.72. The van der Waals surface area contributed by atoms with Crippen LogP contribution in [0.25, 0.3) is 0 Å². The lowest BCUT2D eigenvalue weighted by Crippen LogP contribution is -2.49. The van der Waals surface area contributed by atoms with Crippen LogP contribution in [0, 0.1) is 0 Å². The van der Waals surface area contributed by atoms with Crippen LogP contribution in [0.4, 0.5) is 0 Å². The molecule has 1 unspecified atom stereocenters. The number of guanidine groups is 1. The van der Waals surface area contributed by atoms with Gasteiger partial charge in [0, 0.05) is 45.9 Å². The second-order valence-electron chi connectivity index (χ2n) is 7.04. The van der Waals surface area contributed by atoms with Crippen LogP contribution in [0.1, 0.15) is 31.2 Å². The predicted molar refractivity (Wildman–Crippen MR) is 107 cm³/mol. The van der Waals surface area contributed by atoms with Gasteiger partial charge in [-0.3, -0.25) is 9.89 Å². The lowest BCUT2D eigenvalue weighted by atomic mass is 10.0. The molecular weight excluding hydrogens is 348 g/mol. The Kier molecular flexibility index (Phi) is 8.20. The molecular formula is C19H32N4O2S. The molecule has 2 aliphatic rings. The lowest BCUT2D eigenvalue weighted by molar-refractivity contribution is 0.0191. The topological polar surface area (TPSA) is 58.1 Å². The average molecular weight is 381 g/mol. The maximum absolute atomic E-state index is 5.69. The highest BCUT2D eigenvalue weighted by Gasteiger charge is 2.20. The van der Waals surface area contributed by atoms with Gasteiger partial charge in [0.1, 0.15) is 0 Å². The molecule has 2 aliphatic heterocycles. The smallest absolute Gasteiger partial charge is 0.191 e. The normalized spacial score (nSPS) is 22.7. The zero-order valence-electron chi connectivity index (χ0n) is 15.8. The van der Waals surface area contributed by atoms with Crippen molar-refractivity contribution in [1.82, 2.24) is 15.5 Å². The van der Waals surface area contributed by atoms with Crippen LogP contribution in [-0.4, -0.2) is 69.5 Å². The van der Waals surface area contributed by atoms with Gasteiger partial charge in [-0.1, -0.05) is 0 Å². The van der Waals surface area contributed by atoms with E-state index in [1.807, 2.05) is 7.05 Å². The quantitative estimate of drug-likeness (QED) is 0.411. The van der Waals surface area contributed by atoms with Crippen molar-refractivity contribution in [3.8, 4) is 0 Å². The van der Waals surface area contributed by atoms with E-state index in [1.54, 1.807) is 11.3 Å². The van der Waals surface area contributed by atoms with Crippen molar-refractivity contribution >= 4 is 17.3 Å². The first kappa shape index (κ1) is 19.6. The number of thiophene rings is 1. The van der Waals surface area contributed by atoms with Gasteiger partial charge in [0.2, 0.25) is 0 Å². The van der Waals surface area contributed by atoms with Crippen LogP contribution in [0.3, 0.4) is 0 Å². The first-order valence-corrected chi connectivity index (χ1v) is 10.7. The number of nitrogens with zero attached hydrogens (tertiary/aromatic N) is 2. The predicted octanol–water partition coefficient (Wildman–Crippen LogP) is 2.07. The maximum atomic E-state index is 5.69. The molecule has 7 heteroatoms. The van der Waals surface area contributed by atoms with Gasteiger partial charge in [-0.15, -0.1) is 0 Å². The Balaban J connectivity index is 1.26. The van der Waals surface area contributed by atoms with Gasteiger partial charge in [-0.2, -0.15) is 11.3 Å². The summed E-state index contributed by atoms with van der Waals surface area (Å²) >= 11 is 1.78. The van der Waals surface area contributed by atoms with E-state index in [4.69, 9.17) is 9.47 Å². The van der Waals surface area contributed by atoms with Crippen LogP contribution in [0.15, 0.2) is 21.8 Å². The highest BCUT2D eigenvalue weighted by Crippen LogP contribution is 2.15. The number of ether oxygens (including phenoxy) is 2.